The van der Waals surface area contributed by atoms with Crippen molar-refractivity contribution in [2.75, 3.05) is 4.90 Å². The van der Waals surface area contributed by atoms with Crippen molar-refractivity contribution in [3.8, 4) is 72.4 Å². The number of para-hydroxylation sites is 3. The Bertz CT molecular complexity index is 4260. The van der Waals surface area contributed by atoms with Gasteiger partial charge in [0.05, 0.1) is 11.0 Å². The van der Waals surface area contributed by atoms with Crippen LogP contribution in [0.25, 0.3) is 116 Å². The molecule has 0 amide bonds. The van der Waals surface area contributed by atoms with E-state index in [1.165, 1.54) is 49.6 Å². The third-order valence-corrected chi connectivity index (χ3v) is 14.8. The van der Waals surface area contributed by atoms with Crippen molar-refractivity contribution >= 4 is 60.8 Å². The summed E-state index contributed by atoms with van der Waals surface area (Å²) in [6, 6.07) is 105. The van der Waals surface area contributed by atoms with Crippen molar-refractivity contribution in [3.05, 3.63) is 291 Å². The Balaban J connectivity index is 0.829. The van der Waals surface area contributed by atoms with Crippen LogP contribution in [0.3, 0.4) is 0 Å². The number of hydrogen-bond donors (Lipinski definition) is 0. The fraction of sp³-hybridized carbons (Fsp3) is 0. The molecule has 0 unspecified atom stereocenters. The normalized spacial score (nSPS) is 11.5. The van der Waals surface area contributed by atoms with Gasteiger partial charge in [0.25, 0.3) is 0 Å². The fourth-order valence-corrected chi connectivity index (χ4v) is 11.0. The monoisotopic (exact) mass is 956 g/mol. The van der Waals surface area contributed by atoms with Crippen molar-refractivity contribution in [1.82, 2.24) is 4.57 Å². The van der Waals surface area contributed by atoms with Gasteiger partial charge in [-0.2, -0.15) is 0 Å². The molecule has 0 spiro atoms. The third kappa shape index (κ3) is 8.14. The molecule has 352 valence electrons. The van der Waals surface area contributed by atoms with E-state index in [2.05, 4.69) is 289 Å². The molecule has 0 saturated carbocycles. The molecular weight excluding hydrogens is 909 g/mol. The summed E-state index contributed by atoms with van der Waals surface area (Å²) in [5.74, 6) is 0. The smallest absolute Gasteiger partial charge is 0.135 e. The summed E-state index contributed by atoms with van der Waals surface area (Å²) in [5.41, 5.74) is 22.6. The maximum atomic E-state index is 6.28. The molecule has 12 aromatic carbocycles. The number of anilines is 3. The summed E-state index contributed by atoms with van der Waals surface area (Å²) in [4.78, 5) is 2.34. The van der Waals surface area contributed by atoms with Gasteiger partial charge in [-0.25, -0.2) is 0 Å². The van der Waals surface area contributed by atoms with Crippen LogP contribution in [0, 0.1) is 0 Å². The van der Waals surface area contributed by atoms with Gasteiger partial charge in [0.1, 0.15) is 11.2 Å². The molecule has 14 rings (SSSR count). The van der Waals surface area contributed by atoms with E-state index in [1.807, 2.05) is 12.1 Å². The zero-order valence-corrected chi connectivity index (χ0v) is 41.0. The van der Waals surface area contributed by atoms with Crippen LogP contribution in [0.1, 0.15) is 0 Å². The topological polar surface area (TPSA) is 21.3 Å². The zero-order valence-electron chi connectivity index (χ0n) is 41.0. The fourth-order valence-electron chi connectivity index (χ4n) is 11.0. The maximum absolute atomic E-state index is 6.28. The van der Waals surface area contributed by atoms with Crippen LogP contribution in [-0.4, -0.2) is 4.57 Å². The van der Waals surface area contributed by atoms with Crippen LogP contribution in [0.5, 0.6) is 0 Å². The molecule has 3 heteroatoms. The minimum atomic E-state index is 0.892. The number of aromatic nitrogens is 1. The number of nitrogens with zero attached hydrogens (tertiary/aromatic N) is 2. The van der Waals surface area contributed by atoms with Crippen LogP contribution in [0.2, 0.25) is 0 Å². The second kappa shape index (κ2) is 18.6. The van der Waals surface area contributed by atoms with E-state index in [-0.39, 0.29) is 0 Å². The van der Waals surface area contributed by atoms with E-state index < -0.39 is 0 Å². The van der Waals surface area contributed by atoms with Crippen LogP contribution >= 0.6 is 0 Å². The van der Waals surface area contributed by atoms with Crippen LogP contribution in [0.4, 0.5) is 17.1 Å². The first kappa shape index (κ1) is 43.8. The lowest BCUT2D eigenvalue weighted by atomic mass is 9.91. The van der Waals surface area contributed by atoms with Gasteiger partial charge in [-0.3, -0.25) is 0 Å². The molecule has 0 radical (unpaired) electrons. The summed E-state index contributed by atoms with van der Waals surface area (Å²) in [5, 5.41) is 4.70. The van der Waals surface area contributed by atoms with Gasteiger partial charge in [-0.05, 0) is 170 Å². The molecule has 0 N–H and O–H groups in total. The Morgan fingerprint density at radius 1 is 0.227 bits per heavy atom. The lowest BCUT2D eigenvalue weighted by Gasteiger charge is -2.26. The molecule has 2 aromatic heterocycles. The molecule has 0 atom stereocenters. The molecule has 0 aliphatic carbocycles. The number of rotatable bonds is 10. The number of benzene rings is 12. The average molecular weight is 957 g/mol. The Hall–Kier alpha value is -9.96. The van der Waals surface area contributed by atoms with Gasteiger partial charge in [0, 0.05) is 44.3 Å². The molecule has 0 aliphatic rings. The third-order valence-electron chi connectivity index (χ3n) is 14.8. The first-order valence-corrected chi connectivity index (χ1v) is 25.6. The van der Waals surface area contributed by atoms with Gasteiger partial charge in [-0.15, -0.1) is 0 Å². The van der Waals surface area contributed by atoms with E-state index in [1.54, 1.807) is 0 Å². The predicted molar refractivity (Wildman–Crippen MR) is 315 cm³/mol. The number of furan rings is 1. The highest BCUT2D eigenvalue weighted by atomic mass is 16.3. The van der Waals surface area contributed by atoms with Gasteiger partial charge < -0.3 is 13.9 Å². The molecule has 2 heterocycles. The zero-order chi connectivity index (χ0) is 49.7. The first-order valence-electron chi connectivity index (χ1n) is 25.6. The largest absolute Gasteiger partial charge is 0.456 e. The molecule has 0 saturated heterocycles. The Labute approximate surface area is 436 Å². The van der Waals surface area contributed by atoms with Gasteiger partial charge in [0.2, 0.25) is 0 Å². The number of hydrogen-bond acceptors (Lipinski definition) is 2. The molecule has 14 aromatic rings. The van der Waals surface area contributed by atoms with Crippen LogP contribution in [0.15, 0.2) is 296 Å². The van der Waals surface area contributed by atoms with Gasteiger partial charge in [-0.1, -0.05) is 188 Å². The van der Waals surface area contributed by atoms with E-state index in [0.29, 0.717) is 0 Å². The van der Waals surface area contributed by atoms with E-state index in [4.69, 9.17) is 4.42 Å². The molecular formula is C72H48N2O. The minimum absolute atomic E-state index is 0.892. The second-order valence-corrected chi connectivity index (χ2v) is 19.3. The minimum Gasteiger partial charge on any atom is -0.456 e. The van der Waals surface area contributed by atoms with Crippen molar-refractivity contribution in [2.45, 2.75) is 0 Å². The maximum Gasteiger partial charge on any atom is 0.135 e. The number of fused-ring (bicyclic) bond motifs is 6. The van der Waals surface area contributed by atoms with Crippen molar-refractivity contribution < 1.29 is 4.42 Å². The lowest BCUT2D eigenvalue weighted by Crippen LogP contribution is -2.09. The highest BCUT2D eigenvalue weighted by Crippen LogP contribution is 2.41. The van der Waals surface area contributed by atoms with Gasteiger partial charge in [0.15, 0.2) is 0 Å². The van der Waals surface area contributed by atoms with Crippen molar-refractivity contribution in [2.24, 2.45) is 0 Å². The predicted octanol–water partition coefficient (Wildman–Crippen LogP) is 20.2. The van der Waals surface area contributed by atoms with Crippen LogP contribution < -0.4 is 4.90 Å². The van der Waals surface area contributed by atoms with Crippen LogP contribution in [-0.2, 0) is 0 Å². The van der Waals surface area contributed by atoms with Crippen molar-refractivity contribution in [1.29, 1.82) is 0 Å². The highest BCUT2D eigenvalue weighted by molar-refractivity contribution is 6.11. The van der Waals surface area contributed by atoms with E-state index in [0.717, 1.165) is 83.6 Å². The van der Waals surface area contributed by atoms with Gasteiger partial charge >= 0.3 is 0 Å². The summed E-state index contributed by atoms with van der Waals surface area (Å²) in [7, 11) is 0. The summed E-state index contributed by atoms with van der Waals surface area (Å²) >= 11 is 0. The molecule has 0 fully saturated rings. The molecule has 75 heavy (non-hydrogen) atoms. The van der Waals surface area contributed by atoms with E-state index >= 15 is 0 Å². The first-order chi connectivity index (χ1) is 37.1. The Morgan fingerprint density at radius 2 is 0.587 bits per heavy atom. The lowest BCUT2D eigenvalue weighted by molar-refractivity contribution is 0.669. The molecule has 0 aliphatic heterocycles. The second-order valence-electron chi connectivity index (χ2n) is 19.3. The standard InChI is InChI=1S/C72H48N2O/c1-4-14-49(15-5-1)52-28-36-62(37-29-52)73(63-38-30-53(31-39-63)50-16-6-2-7-17-50)64-40-32-54(33-41-64)51-24-26-55(27-25-51)58-44-59(46-60(45-58)57-35-43-72-68(48-57)66-21-11-13-23-71(66)75-72)56-34-42-70-67(47-56)65-20-10-12-22-69(65)74(70)61-18-8-3-9-19-61/h1-48H. The summed E-state index contributed by atoms with van der Waals surface area (Å²) < 4.78 is 8.65. The SMILES string of the molecule is c1ccc(-c2ccc(N(c3ccc(-c4ccccc4)cc3)c3ccc(-c4ccc(-c5cc(-c6ccc7oc8ccccc8c7c6)cc(-c6ccc7c(c6)c6ccccc6n7-c6ccccc6)c5)cc4)cc3)cc2)cc1. The average Bonchev–Trinajstić information content (AvgIpc) is 4.05. The van der Waals surface area contributed by atoms with E-state index in [9.17, 15) is 0 Å². The van der Waals surface area contributed by atoms with Crippen molar-refractivity contribution in [3.63, 3.8) is 0 Å². The molecule has 0 bridgehead atoms. The highest BCUT2D eigenvalue weighted by Gasteiger charge is 2.17. The Morgan fingerprint density at radius 3 is 1.13 bits per heavy atom. The molecule has 3 nitrogen and oxygen atoms in total. The Kier molecular flexibility index (Phi) is 10.8. The summed E-state index contributed by atoms with van der Waals surface area (Å²) in [6.07, 6.45) is 0. The summed E-state index contributed by atoms with van der Waals surface area (Å²) in [6.45, 7) is 0. The quantitative estimate of drug-likeness (QED) is 0.136.